The molecule has 8 heteroatoms. The minimum absolute atomic E-state index is 0. The average molecular weight is 771 g/mol. The summed E-state index contributed by atoms with van der Waals surface area (Å²) in [5, 5.41) is 1.92. The molecule has 7 aromatic rings. The number of benzene rings is 3. The third-order valence-electron chi connectivity index (χ3n) is 8.45. The monoisotopic (exact) mass is 770 g/mol. The van der Waals surface area contributed by atoms with E-state index in [9.17, 15) is 0 Å². The van der Waals surface area contributed by atoms with E-state index in [1.165, 1.54) is 11.1 Å². The van der Waals surface area contributed by atoms with E-state index in [-0.39, 0.29) is 21.1 Å². The zero-order valence-corrected chi connectivity index (χ0v) is 27.9. The van der Waals surface area contributed by atoms with Gasteiger partial charge in [0, 0.05) is 43.7 Å². The van der Waals surface area contributed by atoms with Crippen LogP contribution in [0.5, 0.6) is 11.5 Å². The average Bonchev–Trinajstić information content (AvgIpc) is 3.59. The molecule has 3 aromatic carbocycles. The number of para-hydroxylation sites is 3. The SMILES string of the molecule is CC(C)c1cccc2c1N(c1[c-]c(Oc3[c-]c4c(nc3)c3c(C(C)C)cccc3n3c5ccccc5nc43)cnc1)[CH-]N2C.[Pt]. The Morgan fingerprint density at radius 1 is 0.800 bits per heavy atom. The second kappa shape index (κ2) is 11.1. The molecule has 45 heavy (non-hydrogen) atoms. The second-order valence-electron chi connectivity index (χ2n) is 12.0. The summed E-state index contributed by atoms with van der Waals surface area (Å²) in [6.07, 6.45) is 5.22. The summed E-state index contributed by atoms with van der Waals surface area (Å²) in [6.45, 7) is 10.9. The van der Waals surface area contributed by atoms with Crippen molar-refractivity contribution in [2.45, 2.75) is 39.5 Å². The largest absolute Gasteiger partial charge is 0.504 e. The van der Waals surface area contributed by atoms with Crippen LogP contribution in [0.15, 0.2) is 79.3 Å². The van der Waals surface area contributed by atoms with Gasteiger partial charge in [0.05, 0.1) is 22.4 Å². The minimum atomic E-state index is 0. The van der Waals surface area contributed by atoms with Gasteiger partial charge in [-0.2, -0.15) is 6.67 Å². The summed E-state index contributed by atoms with van der Waals surface area (Å²) in [5.41, 5.74) is 10.3. The maximum Gasteiger partial charge on any atom is 0.0774 e. The zero-order valence-electron chi connectivity index (χ0n) is 25.6. The third-order valence-corrected chi connectivity index (χ3v) is 8.45. The molecule has 0 saturated heterocycles. The number of rotatable bonds is 5. The minimum Gasteiger partial charge on any atom is -0.504 e. The number of anilines is 3. The molecule has 0 amide bonds. The first-order valence-corrected chi connectivity index (χ1v) is 15.0. The van der Waals surface area contributed by atoms with Gasteiger partial charge in [0.2, 0.25) is 0 Å². The number of hydrogen-bond donors (Lipinski definition) is 0. The molecule has 0 atom stereocenters. The third kappa shape index (κ3) is 4.64. The van der Waals surface area contributed by atoms with Crippen molar-refractivity contribution in [3.63, 3.8) is 0 Å². The quantitative estimate of drug-likeness (QED) is 0.129. The fourth-order valence-electron chi connectivity index (χ4n) is 6.42. The zero-order chi connectivity index (χ0) is 30.1. The first-order valence-electron chi connectivity index (χ1n) is 15.0. The van der Waals surface area contributed by atoms with Gasteiger partial charge in [0.1, 0.15) is 0 Å². The fourth-order valence-corrected chi connectivity index (χ4v) is 6.42. The van der Waals surface area contributed by atoms with E-state index in [1.54, 1.807) is 12.4 Å². The van der Waals surface area contributed by atoms with Gasteiger partial charge in [-0.25, -0.2) is 0 Å². The topological polar surface area (TPSA) is 58.8 Å². The van der Waals surface area contributed by atoms with Crippen LogP contribution in [-0.2, 0) is 21.1 Å². The van der Waals surface area contributed by atoms with Crippen molar-refractivity contribution >= 4 is 55.5 Å². The van der Waals surface area contributed by atoms with Crippen LogP contribution in [0.1, 0.15) is 50.7 Å². The number of fused-ring (bicyclic) bond motifs is 9. The first kappa shape index (κ1) is 29.2. The van der Waals surface area contributed by atoms with Crippen molar-refractivity contribution in [1.29, 1.82) is 0 Å². The molecule has 0 fully saturated rings. The Kier molecular flexibility index (Phi) is 7.24. The van der Waals surface area contributed by atoms with E-state index in [4.69, 9.17) is 14.7 Å². The Morgan fingerprint density at radius 2 is 1.53 bits per heavy atom. The van der Waals surface area contributed by atoms with Gasteiger partial charge in [0.25, 0.3) is 0 Å². The van der Waals surface area contributed by atoms with Crippen LogP contribution in [0.2, 0.25) is 0 Å². The van der Waals surface area contributed by atoms with Gasteiger partial charge in [-0.15, -0.1) is 6.07 Å². The Bertz CT molecular complexity index is 2240. The summed E-state index contributed by atoms with van der Waals surface area (Å²) < 4.78 is 8.59. The predicted molar refractivity (Wildman–Crippen MR) is 177 cm³/mol. The molecular weight excluding hydrogens is 740 g/mol. The Labute approximate surface area is 276 Å². The Hall–Kier alpha value is -4.48. The van der Waals surface area contributed by atoms with Crippen LogP contribution in [0.25, 0.3) is 38.5 Å². The molecule has 1 aliphatic rings. The van der Waals surface area contributed by atoms with Gasteiger partial charge < -0.3 is 28.9 Å². The standard InChI is InChI=1S/C37H31N6O.Pt/c1-22(2)27-10-8-14-32-34(27)35-29(37-40-30-12-6-7-13-31(30)43(32)37)17-26(20-39-35)44-25-16-24(18-38-19-25)42-21-41(5)33-15-9-11-28(23(3)4)36(33)42;/h6-15,18-23H,1-5H3;/q-3;. The predicted octanol–water partition coefficient (Wildman–Crippen LogP) is 8.93. The van der Waals surface area contributed by atoms with E-state index >= 15 is 0 Å². The molecule has 228 valence electrons. The number of ether oxygens (including phenoxy) is 1. The smallest absolute Gasteiger partial charge is 0.0774 e. The number of aromatic nitrogens is 4. The van der Waals surface area contributed by atoms with Crippen molar-refractivity contribution in [3.05, 3.63) is 109 Å². The van der Waals surface area contributed by atoms with E-state index in [1.807, 2.05) is 24.4 Å². The van der Waals surface area contributed by atoms with Crippen LogP contribution in [0.3, 0.4) is 0 Å². The van der Waals surface area contributed by atoms with Crippen molar-refractivity contribution < 1.29 is 25.8 Å². The van der Waals surface area contributed by atoms with E-state index in [0.29, 0.717) is 23.3 Å². The summed E-state index contributed by atoms with van der Waals surface area (Å²) in [5.74, 6) is 1.65. The van der Waals surface area contributed by atoms with Gasteiger partial charge in [-0.1, -0.05) is 87.4 Å². The molecule has 5 heterocycles. The van der Waals surface area contributed by atoms with Crippen molar-refractivity contribution in [2.75, 3.05) is 16.8 Å². The van der Waals surface area contributed by atoms with Gasteiger partial charge >= 0.3 is 0 Å². The van der Waals surface area contributed by atoms with E-state index in [2.05, 4.69) is 115 Å². The molecule has 0 spiro atoms. The molecular formula is C37H31N6OPt-3. The summed E-state index contributed by atoms with van der Waals surface area (Å²) in [7, 11) is 2.06. The molecule has 0 bridgehead atoms. The molecule has 0 unspecified atom stereocenters. The van der Waals surface area contributed by atoms with E-state index < -0.39 is 0 Å². The number of nitrogens with zero attached hydrogens (tertiary/aromatic N) is 6. The summed E-state index contributed by atoms with van der Waals surface area (Å²) >= 11 is 0. The fraction of sp³-hybridized carbons (Fsp3) is 0.189. The molecule has 8 rings (SSSR count). The van der Waals surface area contributed by atoms with Crippen LogP contribution < -0.4 is 14.5 Å². The molecule has 4 aromatic heterocycles. The summed E-state index contributed by atoms with van der Waals surface area (Å²) in [4.78, 5) is 18.8. The number of pyridine rings is 3. The van der Waals surface area contributed by atoms with Crippen LogP contribution in [0.4, 0.5) is 17.1 Å². The molecule has 7 nitrogen and oxygen atoms in total. The maximum atomic E-state index is 6.36. The van der Waals surface area contributed by atoms with Crippen molar-refractivity contribution in [1.82, 2.24) is 19.4 Å². The van der Waals surface area contributed by atoms with Crippen LogP contribution in [0, 0.1) is 18.8 Å². The van der Waals surface area contributed by atoms with Gasteiger partial charge in [-0.05, 0) is 77.6 Å². The number of hydrogen-bond acceptors (Lipinski definition) is 6. The van der Waals surface area contributed by atoms with Gasteiger partial charge in [-0.3, -0.25) is 4.98 Å². The first-order chi connectivity index (χ1) is 21.4. The summed E-state index contributed by atoms with van der Waals surface area (Å²) in [6, 6.07) is 28.1. The van der Waals surface area contributed by atoms with Crippen LogP contribution >= 0.6 is 0 Å². The Morgan fingerprint density at radius 3 is 2.36 bits per heavy atom. The molecule has 0 radical (unpaired) electrons. The molecule has 0 saturated carbocycles. The van der Waals surface area contributed by atoms with Crippen LogP contribution in [-0.4, -0.2) is 26.4 Å². The number of imidazole rings is 1. The second-order valence-corrected chi connectivity index (χ2v) is 12.0. The molecule has 0 aliphatic carbocycles. The maximum absolute atomic E-state index is 6.36. The van der Waals surface area contributed by atoms with Gasteiger partial charge in [0.15, 0.2) is 0 Å². The molecule has 1 aliphatic heterocycles. The normalized spacial score (nSPS) is 13.0. The van der Waals surface area contributed by atoms with E-state index in [0.717, 1.165) is 55.5 Å². The Balaban J connectivity index is 0.00000325. The van der Waals surface area contributed by atoms with Crippen molar-refractivity contribution in [3.8, 4) is 11.5 Å². The molecule has 0 N–H and O–H groups in total. The van der Waals surface area contributed by atoms with Crippen molar-refractivity contribution in [2.24, 2.45) is 0 Å².